The van der Waals surface area contributed by atoms with Crippen molar-refractivity contribution >= 4 is 29.1 Å². The number of rotatable bonds is 4. The average Bonchev–Trinajstić information content (AvgIpc) is 3.24. The molecule has 1 fully saturated rings. The summed E-state index contributed by atoms with van der Waals surface area (Å²) in [7, 11) is 0. The zero-order valence-electron chi connectivity index (χ0n) is 15.6. The Labute approximate surface area is 173 Å². The smallest absolute Gasteiger partial charge is 0.271 e. The van der Waals surface area contributed by atoms with E-state index in [2.05, 4.69) is 20.5 Å². The number of nitrogens with zero attached hydrogens (tertiary/aromatic N) is 3. The maximum Gasteiger partial charge on any atom is 0.271 e. The van der Waals surface area contributed by atoms with E-state index in [1.807, 2.05) is 18.2 Å². The summed E-state index contributed by atoms with van der Waals surface area (Å²) >= 11 is 5.97. The average molecular weight is 410 g/mol. The molecule has 7 nitrogen and oxygen atoms in total. The quantitative estimate of drug-likeness (QED) is 0.688. The molecule has 1 aliphatic heterocycles. The fraction of sp³-hybridized carbons (Fsp3) is 0.238. The Hall–Kier alpha value is -3.19. The van der Waals surface area contributed by atoms with Gasteiger partial charge in [0.1, 0.15) is 11.4 Å². The van der Waals surface area contributed by atoms with Crippen LogP contribution in [0.4, 0.5) is 5.69 Å². The number of hydrogen-bond acceptors (Lipinski definition) is 4. The van der Waals surface area contributed by atoms with E-state index in [0.29, 0.717) is 40.9 Å². The van der Waals surface area contributed by atoms with Gasteiger partial charge in [-0.25, -0.2) is 0 Å². The second-order valence-electron chi connectivity index (χ2n) is 6.97. The van der Waals surface area contributed by atoms with Crippen molar-refractivity contribution in [1.29, 1.82) is 0 Å². The number of piperidine rings is 1. The number of nitrogens with one attached hydrogen (secondary N) is 2. The van der Waals surface area contributed by atoms with Gasteiger partial charge in [-0.2, -0.15) is 5.10 Å². The minimum Gasteiger partial charge on any atom is -0.337 e. The van der Waals surface area contributed by atoms with Gasteiger partial charge in [-0.15, -0.1) is 0 Å². The highest BCUT2D eigenvalue weighted by molar-refractivity contribution is 6.30. The molecule has 4 rings (SSSR count). The van der Waals surface area contributed by atoms with Crippen LogP contribution in [0.15, 0.2) is 54.7 Å². The molecule has 0 bridgehead atoms. The van der Waals surface area contributed by atoms with Crippen molar-refractivity contribution in [1.82, 2.24) is 20.1 Å². The molecule has 1 aliphatic rings. The van der Waals surface area contributed by atoms with Crippen molar-refractivity contribution in [2.75, 3.05) is 18.4 Å². The SMILES string of the molecule is O=C(Nc1cccc(Cl)c1)[C@@H]1CCCN(C(=O)c2cc(-c3ccccn3)n[nH]2)C1. The number of aromatic amines is 1. The monoisotopic (exact) mass is 409 g/mol. The number of amides is 2. The molecule has 0 saturated carbocycles. The van der Waals surface area contributed by atoms with Crippen LogP contribution in [0.3, 0.4) is 0 Å². The highest BCUT2D eigenvalue weighted by Crippen LogP contribution is 2.22. The normalized spacial score (nSPS) is 16.4. The molecular weight excluding hydrogens is 390 g/mol. The van der Waals surface area contributed by atoms with Crippen molar-refractivity contribution in [3.8, 4) is 11.4 Å². The Bertz CT molecular complexity index is 1020. The van der Waals surface area contributed by atoms with E-state index in [0.717, 1.165) is 12.8 Å². The highest BCUT2D eigenvalue weighted by atomic mass is 35.5. The second kappa shape index (κ2) is 8.45. The molecule has 0 radical (unpaired) electrons. The van der Waals surface area contributed by atoms with Crippen molar-refractivity contribution in [2.24, 2.45) is 5.92 Å². The molecule has 2 N–H and O–H groups in total. The van der Waals surface area contributed by atoms with Crippen LogP contribution >= 0.6 is 11.6 Å². The molecule has 8 heteroatoms. The van der Waals surface area contributed by atoms with Gasteiger partial charge in [0.2, 0.25) is 5.91 Å². The van der Waals surface area contributed by atoms with E-state index in [4.69, 9.17) is 11.6 Å². The van der Waals surface area contributed by atoms with Gasteiger partial charge in [0.05, 0.1) is 11.6 Å². The Balaban J connectivity index is 1.42. The van der Waals surface area contributed by atoms with Gasteiger partial charge < -0.3 is 10.2 Å². The first-order valence-electron chi connectivity index (χ1n) is 9.42. The number of aromatic nitrogens is 3. The lowest BCUT2D eigenvalue weighted by Gasteiger charge is -2.31. The number of hydrogen-bond donors (Lipinski definition) is 2. The number of benzene rings is 1. The summed E-state index contributed by atoms with van der Waals surface area (Å²) in [6.45, 7) is 0.973. The number of carbonyl (C=O) groups excluding carboxylic acids is 2. The summed E-state index contributed by atoms with van der Waals surface area (Å²) in [5.74, 6) is -0.548. The predicted octanol–water partition coefficient (Wildman–Crippen LogP) is 3.62. The highest BCUT2D eigenvalue weighted by Gasteiger charge is 2.29. The zero-order chi connectivity index (χ0) is 20.2. The molecule has 1 atom stereocenters. The lowest BCUT2D eigenvalue weighted by atomic mass is 9.96. The van der Waals surface area contributed by atoms with Crippen LogP contribution < -0.4 is 5.32 Å². The first kappa shape index (κ1) is 19.1. The number of halogens is 1. The number of pyridine rings is 1. The standard InChI is InChI=1S/C21H20ClN5O2/c22-15-6-3-7-16(11-15)24-20(28)14-5-4-10-27(13-14)21(29)19-12-18(25-26-19)17-8-1-2-9-23-17/h1-3,6-9,11-12,14H,4-5,10,13H2,(H,24,28)(H,25,26)/t14-/m1/s1. The molecule has 1 aromatic carbocycles. The molecular formula is C21H20ClN5O2. The van der Waals surface area contributed by atoms with E-state index in [1.165, 1.54) is 0 Å². The Morgan fingerprint density at radius 1 is 1.14 bits per heavy atom. The maximum absolute atomic E-state index is 12.9. The molecule has 0 spiro atoms. The fourth-order valence-corrected chi connectivity index (χ4v) is 3.62. The second-order valence-corrected chi connectivity index (χ2v) is 7.41. The molecule has 3 aromatic rings. The molecule has 29 heavy (non-hydrogen) atoms. The summed E-state index contributed by atoms with van der Waals surface area (Å²) in [6.07, 6.45) is 3.18. The molecule has 0 unspecified atom stereocenters. The number of H-pyrrole nitrogens is 1. The van der Waals surface area contributed by atoms with Crippen LogP contribution in [0.5, 0.6) is 0 Å². The topological polar surface area (TPSA) is 91.0 Å². The summed E-state index contributed by atoms with van der Waals surface area (Å²) in [5, 5.41) is 10.4. The third kappa shape index (κ3) is 4.46. The first-order chi connectivity index (χ1) is 14.1. The minimum absolute atomic E-state index is 0.108. The largest absolute Gasteiger partial charge is 0.337 e. The molecule has 2 aromatic heterocycles. The maximum atomic E-state index is 12.9. The Kier molecular flexibility index (Phi) is 5.57. The number of carbonyl (C=O) groups is 2. The van der Waals surface area contributed by atoms with E-state index in [1.54, 1.807) is 41.4 Å². The van der Waals surface area contributed by atoms with Gasteiger partial charge in [-0.1, -0.05) is 23.7 Å². The van der Waals surface area contributed by atoms with Crippen LogP contribution in [-0.4, -0.2) is 45.0 Å². The summed E-state index contributed by atoms with van der Waals surface area (Å²) < 4.78 is 0. The van der Waals surface area contributed by atoms with Crippen molar-refractivity contribution in [3.63, 3.8) is 0 Å². The van der Waals surface area contributed by atoms with Crippen LogP contribution in [-0.2, 0) is 4.79 Å². The Morgan fingerprint density at radius 2 is 2.03 bits per heavy atom. The van der Waals surface area contributed by atoms with Gasteiger partial charge in [-0.05, 0) is 49.2 Å². The fourth-order valence-electron chi connectivity index (χ4n) is 3.43. The molecule has 0 aliphatic carbocycles. The molecule has 3 heterocycles. The van der Waals surface area contributed by atoms with E-state index >= 15 is 0 Å². The molecule has 1 saturated heterocycles. The lowest BCUT2D eigenvalue weighted by Crippen LogP contribution is -2.43. The van der Waals surface area contributed by atoms with E-state index in [-0.39, 0.29) is 17.7 Å². The van der Waals surface area contributed by atoms with Crippen LogP contribution in [0.2, 0.25) is 5.02 Å². The summed E-state index contributed by atoms with van der Waals surface area (Å²) in [6, 6.07) is 14.3. The number of anilines is 1. The zero-order valence-corrected chi connectivity index (χ0v) is 16.4. The van der Waals surface area contributed by atoms with Gasteiger partial charge in [0.25, 0.3) is 5.91 Å². The van der Waals surface area contributed by atoms with E-state index < -0.39 is 0 Å². The molecule has 148 valence electrons. The van der Waals surface area contributed by atoms with Crippen LogP contribution in [0.25, 0.3) is 11.4 Å². The Morgan fingerprint density at radius 3 is 2.83 bits per heavy atom. The third-order valence-electron chi connectivity index (χ3n) is 4.91. The van der Waals surface area contributed by atoms with E-state index in [9.17, 15) is 9.59 Å². The van der Waals surface area contributed by atoms with Crippen molar-refractivity contribution < 1.29 is 9.59 Å². The van der Waals surface area contributed by atoms with Gasteiger partial charge in [0.15, 0.2) is 0 Å². The third-order valence-corrected chi connectivity index (χ3v) is 5.14. The van der Waals surface area contributed by atoms with Gasteiger partial charge in [-0.3, -0.25) is 19.7 Å². The predicted molar refractivity (Wildman–Crippen MR) is 111 cm³/mol. The van der Waals surface area contributed by atoms with Crippen LogP contribution in [0.1, 0.15) is 23.3 Å². The van der Waals surface area contributed by atoms with Gasteiger partial charge >= 0.3 is 0 Å². The van der Waals surface area contributed by atoms with Crippen molar-refractivity contribution in [2.45, 2.75) is 12.8 Å². The lowest BCUT2D eigenvalue weighted by molar-refractivity contribution is -0.121. The van der Waals surface area contributed by atoms with Crippen molar-refractivity contribution in [3.05, 3.63) is 65.4 Å². The number of likely N-dealkylation sites (tertiary alicyclic amines) is 1. The van der Waals surface area contributed by atoms with Crippen LogP contribution in [0, 0.1) is 5.92 Å². The first-order valence-corrected chi connectivity index (χ1v) is 9.80. The van der Waals surface area contributed by atoms with Gasteiger partial charge in [0, 0.05) is 30.0 Å². The minimum atomic E-state index is -0.273. The molecule has 2 amide bonds. The summed E-state index contributed by atoms with van der Waals surface area (Å²) in [4.78, 5) is 31.5. The summed E-state index contributed by atoms with van der Waals surface area (Å²) in [5.41, 5.74) is 2.35.